The highest BCUT2D eigenvalue weighted by Gasteiger charge is 2.60. The van der Waals surface area contributed by atoms with Gasteiger partial charge in [-0.25, -0.2) is 9.59 Å². The molecule has 3 aromatic carbocycles. The van der Waals surface area contributed by atoms with Gasteiger partial charge in [0.25, 0.3) is 0 Å². The lowest BCUT2D eigenvalue weighted by atomic mass is 9.95. The quantitative estimate of drug-likeness (QED) is 0.284. The lowest BCUT2D eigenvalue weighted by Crippen LogP contribution is -2.53. The van der Waals surface area contributed by atoms with E-state index in [1.165, 1.54) is 6.92 Å². The van der Waals surface area contributed by atoms with Crippen molar-refractivity contribution in [2.24, 2.45) is 0 Å². The molecule has 0 amide bonds. The zero-order valence-corrected chi connectivity index (χ0v) is 21.2. The summed E-state index contributed by atoms with van der Waals surface area (Å²) in [6.07, 6.45) is -3.58. The molecule has 9 heteroatoms. The standard InChI is InChI=1S/C30H27NO8/c1-21(32)38-26-25(17-31)39-30(19-36-28(33)23-13-7-3-8-14-23,20-37-29(34)24-15-9-4-10-16-24)27(26)35-18-22-11-5-2-6-12-22/h2-16,25-27H,18-20H2,1H3/t25-,26-,27-/m0/s1. The molecule has 0 unspecified atom stereocenters. The number of esters is 3. The Kier molecular flexibility index (Phi) is 9.05. The first kappa shape index (κ1) is 27.5. The lowest BCUT2D eigenvalue weighted by Gasteiger charge is -2.33. The number of ether oxygens (including phenoxy) is 5. The molecule has 0 bridgehead atoms. The molecule has 1 saturated heterocycles. The van der Waals surface area contributed by atoms with Crippen LogP contribution in [-0.4, -0.2) is 55.0 Å². The van der Waals surface area contributed by atoms with E-state index in [4.69, 9.17) is 23.7 Å². The summed E-state index contributed by atoms with van der Waals surface area (Å²) in [5.41, 5.74) is -0.274. The minimum atomic E-state index is -1.66. The van der Waals surface area contributed by atoms with Gasteiger partial charge in [0.2, 0.25) is 0 Å². The Morgan fingerprint density at radius 1 is 0.821 bits per heavy atom. The second-order valence-electron chi connectivity index (χ2n) is 8.91. The maximum Gasteiger partial charge on any atom is 0.338 e. The van der Waals surface area contributed by atoms with Gasteiger partial charge in [-0.1, -0.05) is 66.7 Å². The van der Waals surface area contributed by atoms with Crippen LogP contribution < -0.4 is 0 Å². The monoisotopic (exact) mass is 529 g/mol. The van der Waals surface area contributed by atoms with Crippen LogP contribution in [0.4, 0.5) is 0 Å². The molecular formula is C30H27NO8. The van der Waals surface area contributed by atoms with E-state index < -0.39 is 55.0 Å². The van der Waals surface area contributed by atoms with E-state index in [9.17, 15) is 19.6 Å². The molecule has 200 valence electrons. The van der Waals surface area contributed by atoms with Gasteiger partial charge in [-0.2, -0.15) is 5.26 Å². The first-order chi connectivity index (χ1) is 18.9. The SMILES string of the molecule is CC(=O)O[C@H]1[C@H](C#N)OC(COC(=O)c2ccccc2)(COC(=O)c2ccccc2)[C@H]1OCc1ccccc1. The van der Waals surface area contributed by atoms with Crippen LogP contribution in [0.3, 0.4) is 0 Å². The van der Waals surface area contributed by atoms with Gasteiger partial charge in [-0.3, -0.25) is 4.79 Å². The average molecular weight is 530 g/mol. The molecule has 4 rings (SSSR count). The predicted octanol–water partition coefficient (Wildman–Crippen LogP) is 3.88. The third-order valence-electron chi connectivity index (χ3n) is 6.09. The summed E-state index contributed by atoms with van der Waals surface area (Å²) in [6, 6.07) is 27.8. The summed E-state index contributed by atoms with van der Waals surface area (Å²) < 4.78 is 28.9. The topological polar surface area (TPSA) is 121 Å². The van der Waals surface area contributed by atoms with Crippen molar-refractivity contribution in [1.29, 1.82) is 5.26 Å². The van der Waals surface area contributed by atoms with E-state index in [-0.39, 0.29) is 6.61 Å². The summed E-state index contributed by atoms with van der Waals surface area (Å²) in [6.45, 7) is 0.371. The smallest absolute Gasteiger partial charge is 0.338 e. The van der Waals surface area contributed by atoms with E-state index in [1.807, 2.05) is 36.4 Å². The van der Waals surface area contributed by atoms with Crippen LogP contribution in [0.5, 0.6) is 0 Å². The number of benzene rings is 3. The van der Waals surface area contributed by atoms with E-state index in [0.717, 1.165) is 5.56 Å². The predicted molar refractivity (Wildman–Crippen MR) is 137 cm³/mol. The Morgan fingerprint density at radius 2 is 1.31 bits per heavy atom. The average Bonchev–Trinajstić information content (AvgIpc) is 3.26. The van der Waals surface area contributed by atoms with Crippen molar-refractivity contribution >= 4 is 17.9 Å². The zero-order valence-electron chi connectivity index (χ0n) is 21.2. The van der Waals surface area contributed by atoms with Gasteiger partial charge in [-0.05, 0) is 29.8 Å². The highest BCUT2D eigenvalue weighted by molar-refractivity contribution is 5.90. The normalized spacial score (nSPS) is 19.4. The van der Waals surface area contributed by atoms with E-state index >= 15 is 0 Å². The van der Waals surface area contributed by atoms with Crippen molar-refractivity contribution in [3.8, 4) is 6.07 Å². The van der Waals surface area contributed by atoms with E-state index in [1.54, 1.807) is 60.7 Å². The molecule has 1 fully saturated rings. The molecule has 0 spiro atoms. The Balaban J connectivity index is 1.65. The summed E-state index contributed by atoms with van der Waals surface area (Å²) in [5.74, 6) is -1.96. The Hall–Kier alpha value is -4.52. The number of nitriles is 1. The third kappa shape index (κ3) is 6.87. The zero-order chi connectivity index (χ0) is 27.7. The van der Waals surface area contributed by atoms with Gasteiger partial charge in [0.05, 0.1) is 23.8 Å². The summed E-state index contributed by atoms with van der Waals surface area (Å²) in [4.78, 5) is 37.6. The maximum absolute atomic E-state index is 12.8. The second-order valence-corrected chi connectivity index (χ2v) is 8.91. The molecule has 1 aliphatic rings. The molecule has 3 aromatic rings. The molecule has 0 saturated carbocycles. The number of hydrogen-bond acceptors (Lipinski definition) is 9. The number of hydrogen-bond donors (Lipinski definition) is 0. The molecule has 1 heterocycles. The number of carbonyl (C=O) groups is 3. The van der Waals surface area contributed by atoms with Crippen LogP contribution in [0.15, 0.2) is 91.0 Å². The van der Waals surface area contributed by atoms with Crippen molar-refractivity contribution in [1.82, 2.24) is 0 Å². The van der Waals surface area contributed by atoms with Gasteiger partial charge in [0.1, 0.15) is 19.3 Å². The van der Waals surface area contributed by atoms with Crippen molar-refractivity contribution in [3.05, 3.63) is 108 Å². The molecular weight excluding hydrogens is 502 g/mol. The van der Waals surface area contributed by atoms with Crippen molar-refractivity contribution in [3.63, 3.8) is 0 Å². The van der Waals surface area contributed by atoms with E-state index in [0.29, 0.717) is 11.1 Å². The highest BCUT2D eigenvalue weighted by Crippen LogP contribution is 2.37. The van der Waals surface area contributed by atoms with Crippen molar-refractivity contribution in [2.75, 3.05) is 13.2 Å². The second kappa shape index (κ2) is 12.8. The summed E-state index contributed by atoms with van der Waals surface area (Å²) in [7, 11) is 0. The summed E-state index contributed by atoms with van der Waals surface area (Å²) >= 11 is 0. The van der Waals surface area contributed by atoms with Crippen LogP contribution in [0.1, 0.15) is 33.2 Å². The molecule has 0 aromatic heterocycles. The first-order valence-corrected chi connectivity index (χ1v) is 12.3. The van der Waals surface area contributed by atoms with Crippen molar-refractivity contribution in [2.45, 2.75) is 37.4 Å². The molecule has 1 aliphatic heterocycles. The maximum atomic E-state index is 12.8. The van der Waals surface area contributed by atoms with Crippen LogP contribution >= 0.6 is 0 Å². The largest absolute Gasteiger partial charge is 0.459 e. The first-order valence-electron chi connectivity index (χ1n) is 12.3. The molecule has 0 radical (unpaired) electrons. The number of carbonyl (C=O) groups excluding carboxylic acids is 3. The van der Waals surface area contributed by atoms with Crippen LogP contribution in [0.2, 0.25) is 0 Å². The third-order valence-corrected chi connectivity index (χ3v) is 6.09. The molecule has 3 atom stereocenters. The fraction of sp³-hybridized carbons (Fsp3) is 0.267. The fourth-order valence-electron chi connectivity index (χ4n) is 4.23. The Bertz CT molecular complexity index is 1250. The van der Waals surface area contributed by atoms with Gasteiger partial charge in [0.15, 0.2) is 17.8 Å². The summed E-state index contributed by atoms with van der Waals surface area (Å²) in [5, 5.41) is 9.86. The lowest BCUT2D eigenvalue weighted by molar-refractivity contribution is -0.164. The minimum Gasteiger partial charge on any atom is -0.459 e. The molecule has 0 aliphatic carbocycles. The Labute approximate surface area is 225 Å². The van der Waals surface area contributed by atoms with Crippen molar-refractivity contribution < 1.29 is 38.1 Å². The van der Waals surface area contributed by atoms with Gasteiger partial charge in [-0.15, -0.1) is 0 Å². The van der Waals surface area contributed by atoms with Gasteiger partial charge >= 0.3 is 17.9 Å². The molecule has 0 N–H and O–H groups in total. The molecule has 9 nitrogen and oxygen atoms in total. The Morgan fingerprint density at radius 3 is 1.77 bits per heavy atom. The van der Waals surface area contributed by atoms with Crippen LogP contribution in [-0.2, 0) is 35.1 Å². The number of rotatable bonds is 10. The van der Waals surface area contributed by atoms with Gasteiger partial charge < -0.3 is 23.7 Å². The fourth-order valence-corrected chi connectivity index (χ4v) is 4.23. The van der Waals surface area contributed by atoms with E-state index in [2.05, 4.69) is 0 Å². The van der Waals surface area contributed by atoms with Gasteiger partial charge in [0, 0.05) is 6.92 Å². The highest BCUT2D eigenvalue weighted by atomic mass is 16.7. The van der Waals surface area contributed by atoms with Crippen LogP contribution in [0, 0.1) is 11.3 Å². The minimum absolute atomic E-state index is 0.0613. The number of nitrogens with zero attached hydrogens (tertiary/aromatic N) is 1. The van der Waals surface area contributed by atoms with Crippen LogP contribution in [0.25, 0.3) is 0 Å². The molecule has 39 heavy (non-hydrogen) atoms.